The molecule has 6 nitrogen and oxygen atoms in total. The molecular formula is C13H25N3O3. The molecule has 1 saturated heterocycles. The Hall–Kier alpha value is -1.14. The Morgan fingerprint density at radius 2 is 1.84 bits per heavy atom. The van der Waals surface area contributed by atoms with Crippen LogP contribution in [0.4, 0.5) is 0 Å². The molecule has 19 heavy (non-hydrogen) atoms. The highest BCUT2D eigenvalue weighted by Gasteiger charge is 2.24. The van der Waals surface area contributed by atoms with Crippen molar-refractivity contribution in [2.75, 3.05) is 32.7 Å². The smallest absolute Gasteiger partial charge is 0.317 e. The highest BCUT2D eigenvalue weighted by atomic mass is 16.4. The number of carbonyl (C=O) groups is 2. The van der Waals surface area contributed by atoms with Gasteiger partial charge in [0, 0.05) is 32.2 Å². The molecule has 0 bridgehead atoms. The molecule has 1 aliphatic rings. The minimum absolute atomic E-state index is 0.0432. The SMILES string of the molecule is CC(C)NC(=O)C(C)N1CCCN(CC(=O)O)CC1. The van der Waals surface area contributed by atoms with Gasteiger partial charge in [-0.3, -0.25) is 19.4 Å². The fraction of sp³-hybridized carbons (Fsp3) is 0.846. The first-order valence-corrected chi connectivity index (χ1v) is 6.88. The van der Waals surface area contributed by atoms with Crippen molar-refractivity contribution in [3.8, 4) is 0 Å². The van der Waals surface area contributed by atoms with Crippen LogP contribution in [0.2, 0.25) is 0 Å². The zero-order chi connectivity index (χ0) is 14.4. The van der Waals surface area contributed by atoms with Gasteiger partial charge in [0.05, 0.1) is 12.6 Å². The molecule has 0 aromatic rings. The van der Waals surface area contributed by atoms with E-state index in [0.717, 1.165) is 26.1 Å². The van der Waals surface area contributed by atoms with Crippen molar-refractivity contribution in [2.45, 2.75) is 39.3 Å². The van der Waals surface area contributed by atoms with E-state index in [-0.39, 0.29) is 24.5 Å². The van der Waals surface area contributed by atoms with E-state index < -0.39 is 5.97 Å². The number of nitrogens with one attached hydrogen (secondary N) is 1. The van der Waals surface area contributed by atoms with Crippen molar-refractivity contribution in [2.24, 2.45) is 0 Å². The Morgan fingerprint density at radius 1 is 1.16 bits per heavy atom. The molecule has 1 unspecified atom stereocenters. The molecule has 0 aromatic carbocycles. The lowest BCUT2D eigenvalue weighted by atomic mass is 10.2. The number of nitrogens with zero attached hydrogens (tertiary/aromatic N) is 2. The molecule has 0 aromatic heterocycles. The standard InChI is InChI=1S/C13H25N3O3/c1-10(2)14-13(19)11(3)16-6-4-5-15(7-8-16)9-12(17)18/h10-11H,4-9H2,1-3H3,(H,14,19)(H,17,18). The first-order valence-electron chi connectivity index (χ1n) is 6.88. The molecular weight excluding hydrogens is 246 g/mol. The fourth-order valence-corrected chi connectivity index (χ4v) is 2.30. The summed E-state index contributed by atoms with van der Waals surface area (Å²) >= 11 is 0. The number of rotatable bonds is 5. The quantitative estimate of drug-likeness (QED) is 0.736. The van der Waals surface area contributed by atoms with E-state index in [1.165, 1.54) is 0 Å². The van der Waals surface area contributed by atoms with Crippen molar-refractivity contribution in [3.05, 3.63) is 0 Å². The maximum atomic E-state index is 12.0. The zero-order valence-corrected chi connectivity index (χ0v) is 12.1. The van der Waals surface area contributed by atoms with Crippen LogP contribution in [0.5, 0.6) is 0 Å². The third-order valence-electron chi connectivity index (χ3n) is 3.34. The predicted octanol–water partition coefficient (Wildman–Crippen LogP) is -0.00820. The van der Waals surface area contributed by atoms with Crippen molar-refractivity contribution in [1.82, 2.24) is 15.1 Å². The number of aliphatic carboxylic acids is 1. The molecule has 0 saturated carbocycles. The molecule has 1 atom stereocenters. The van der Waals surface area contributed by atoms with Gasteiger partial charge in [-0.05, 0) is 27.2 Å². The van der Waals surface area contributed by atoms with Crippen LogP contribution in [0, 0.1) is 0 Å². The predicted molar refractivity (Wildman–Crippen MR) is 73.0 cm³/mol. The van der Waals surface area contributed by atoms with E-state index >= 15 is 0 Å². The molecule has 1 amide bonds. The van der Waals surface area contributed by atoms with Gasteiger partial charge in [0.25, 0.3) is 0 Å². The van der Waals surface area contributed by atoms with Crippen molar-refractivity contribution in [1.29, 1.82) is 0 Å². The lowest BCUT2D eigenvalue weighted by Gasteiger charge is -2.27. The monoisotopic (exact) mass is 271 g/mol. The zero-order valence-electron chi connectivity index (χ0n) is 12.1. The number of amides is 1. The van der Waals surface area contributed by atoms with Crippen molar-refractivity contribution < 1.29 is 14.7 Å². The van der Waals surface area contributed by atoms with Crippen molar-refractivity contribution >= 4 is 11.9 Å². The van der Waals surface area contributed by atoms with E-state index in [0.29, 0.717) is 6.54 Å². The minimum Gasteiger partial charge on any atom is -0.480 e. The first-order chi connectivity index (χ1) is 8.90. The molecule has 6 heteroatoms. The topological polar surface area (TPSA) is 72.9 Å². The molecule has 1 aliphatic heterocycles. The van der Waals surface area contributed by atoms with Gasteiger partial charge in [0.15, 0.2) is 0 Å². The first kappa shape index (κ1) is 15.9. The van der Waals surface area contributed by atoms with Gasteiger partial charge in [0.1, 0.15) is 0 Å². The van der Waals surface area contributed by atoms with Gasteiger partial charge in [0.2, 0.25) is 5.91 Å². The van der Waals surface area contributed by atoms with Crippen LogP contribution >= 0.6 is 0 Å². The van der Waals surface area contributed by atoms with Gasteiger partial charge in [-0.2, -0.15) is 0 Å². The molecule has 1 fully saturated rings. The summed E-state index contributed by atoms with van der Waals surface area (Å²) in [5.41, 5.74) is 0. The Labute approximate surface area is 114 Å². The van der Waals surface area contributed by atoms with Crippen LogP contribution in [0.25, 0.3) is 0 Å². The summed E-state index contributed by atoms with van der Waals surface area (Å²) in [7, 11) is 0. The van der Waals surface area contributed by atoms with Crippen LogP contribution in [0.1, 0.15) is 27.2 Å². The number of carboxylic acids is 1. The molecule has 1 heterocycles. The summed E-state index contributed by atoms with van der Waals surface area (Å²) in [5.74, 6) is -0.749. The number of hydrogen-bond donors (Lipinski definition) is 2. The molecule has 2 N–H and O–H groups in total. The van der Waals surface area contributed by atoms with Crippen molar-refractivity contribution in [3.63, 3.8) is 0 Å². The second kappa shape index (κ2) is 7.45. The molecule has 0 aliphatic carbocycles. The summed E-state index contributed by atoms with van der Waals surface area (Å²) in [6.45, 7) is 8.93. The Balaban J connectivity index is 2.47. The Kier molecular flexibility index (Phi) is 6.24. The lowest BCUT2D eigenvalue weighted by molar-refractivity contribution is -0.138. The Bertz CT molecular complexity index is 320. The summed E-state index contributed by atoms with van der Waals surface area (Å²) in [6, 6.07) is -0.0161. The van der Waals surface area contributed by atoms with Gasteiger partial charge in [-0.1, -0.05) is 0 Å². The Morgan fingerprint density at radius 3 is 2.42 bits per heavy atom. The fourth-order valence-electron chi connectivity index (χ4n) is 2.30. The molecule has 0 radical (unpaired) electrons. The normalized spacial score (nSPS) is 20.0. The van der Waals surface area contributed by atoms with E-state index in [1.54, 1.807) is 0 Å². The van der Waals surface area contributed by atoms with Gasteiger partial charge >= 0.3 is 5.97 Å². The van der Waals surface area contributed by atoms with Crippen LogP contribution < -0.4 is 5.32 Å². The molecule has 1 rings (SSSR count). The maximum absolute atomic E-state index is 12.0. The maximum Gasteiger partial charge on any atom is 0.317 e. The van der Waals surface area contributed by atoms with Crippen LogP contribution in [0.15, 0.2) is 0 Å². The average molecular weight is 271 g/mol. The molecule has 110 valence electrons. The largest absolute Gasteiger partial charge is 0.480 e. The number of carboxylic acid groups (broad SMARTS) is 1. The van der Waals surface area contributed by atoms with Gasteiger partial charge in [-0.15, -0.1) is 0 Å². The summed E-state index contributed by atoms with van der Waals surface area (Å²) < 4.78 is 0. The van der Waals surface area contributed by atoms with Gasteiger partial charge < -0.3 is 10.4 Å². The second-order valence-electron chi connectivity index (χ2n) is 5.40. The van der Waals surface area contributed by atoms with E-state index in [2.05, 4.69) is 10.2 Å². The minimum atomic E-state index is -0.793. The third-order valence-corrected chi connectivity index (χ3v) is 3.34. The van der Waals surface area contributed by atoms with Crippen LogP contribution in [-0.2, 0) is 9.59 Å². The molecule has 0 spiro atoms. The average Bonchev–Trinajstić information content (AvgIpc) is 2.52. The highest BCUT2D eigenvalue weighted by Crippen LogP contribution is 2.07. The van der Waals surface area contributed by atoms with Crippen LogP contribution in [-0.4, -0.2) is 71.6 Å². The van der Waals surface area contributed by atoms with E-state index in [1.807, 2.05) is 25.7 Å². The number of hydrogen-bond acceptors (Lipinski definition) is 4. The van der Waals surface area contributed by atoms with Gasteiger partial charge in [-0.25, -0.2) is 0 Å². The van der Waals surface area contributed by atoms with E-state index in [9.17, 15) is 9.59 Å². The summed E-state index contributed by atoms with van der Waals surface area (Å²) in [5, 5.41) is 11.7. The van der Waals surface area contributed by atoms with Crippen LogP contribution in [0.3, 0.4) is 0 Å². The number of carbonyl (C=O) groups excluding carboxylic acids is 1. The second-order valence-corrected chi connectivity index (χ2v) is 5.40. The summed E-state index contributed by atoms with van der Waals surface area (Å²) in [6.07, 6.45) is 0.895. The highest BCUT2D eigenvalue weighted by molar-refractivity contribution is 5.81. The van der Waals surface area contributed by atoms with E-state index in [4.69, 9.17) is 5.11 Å². The third kappa shape index (κ3) is 5.57. The lowest BCUT2D eigenvalue weighted by Crippen LogP contribution is -2.48. The summed E-state index contributed by atoms with van der Waals surface area (Å²) in [4.78, 5) is 26.7.